The van der Waals surface area contributed by atoms with Crippen LogP contribution in [0.1, 0.15) is 28.8 Å². The number of nitrogens with one attached hydrogen (secondary N) is 2. The molecule has 170 valence electrons. The highest BCUT2D eigenvalue weighted by atomic mass is 16.5. The number of rotatable bonds is 7. The highest BCUT2D eigenvalue weighted by molar-refractivity contribution is 6.04. The maximum absolute atomic E-state index is 13.2. The highest BCUT2D eigenvalue weighted by Gasteiger charge is 2.23. The molecule has 33 heavy (non-hydrogen) atoms. The maximum Gasteiger partial charge on any atom is 0.322 e. The van der Waals surface area contributed by atoms with Crippen LogP contribution in [0.2, 0.25) is 0 Å². The lowest BCUT2D eigenvalue weighted by Crippen LogP contribution is -2.39. The number of carbonyl (C=O) groups excluding carboxylic acids is 2. The lowest BCUT2D eigenvalue weighted by Gasteiger charge is -2.26. The van der Waals surface area contributed by atoms with Crippen LogP contribution in [0.5, 0.6) is 5.75 Å². The number of pyridine rings is 1. The van der Waals surface area contributed by atoms with Crippen molar-refractivity contribution in [2.75, 3.05) is 23.8 Å². The van der Waals surface area contributed by atoms with Crippen LogP contribution in [0.4, 0.5) is 16.2 Å². The number of hydrogen-bond acceptors (Lipinski definition) is 5. The van der Waals surface area contributed by atoms with E-state index in [0.717, 1.165) is 12.8 Å². The molecule has 2 aromatic carbocycles. The minimum Gasteiger partial charge on any atom is -0.508 e. The van der Waals surface area contributed by atoms with Crippen molar-refractivity contribution in [1.29, 1.82) is 0 Å². The van der Waals surface area contributed by atoms with Crippen LogP contribution in [0.25, 0.3) is 0 Å². The molecular formula is C25H26N4O4. The zero-order chi connectivity index (χ0) is 23.0. The smallest absolute Gasteiger partial charge is 0.322 e. The van der Waals surface area contributed by atoms with Gasteiger partial charge >= 0.3 is 6.03 Å². The van der Waals surface area contributed by atoms with Gasteiger partial charge in [0.25, 0.3) is 5.91 Å². The van der Waals surface area contributed by atoms with E-state index in [9.17, 15) is 14.7 Å². The number of aromatic nitrogens is 1. The summed E-state index contributed by atoms with van der Waals surface area (Å²) in [4.78, 5) is 31.1. The van der Waals surface area contributed by atoms with E-state index >= 15 is 0 Å². The average Bonchev–Trinajstić information content (AvgIpc) is 3.34. The summed E-state index contributed by atoms with van der Waals surface area (Å²) in [5.41, 5.74) is 2.19. The Hall–Kier alpha value is -3.91. The molecule has 1 aliphatic rings. The van der Waals surface area contributed by atoms with Crippen LogP contribution in [0.15, 0.2) is 73.1 Å². The molecule has 0 radical (unpaired) electrons. The molecule has 1 saturated heterocycles. The summed E-state index contributed by atoms with van der Waals surface area (Å²) in [5, 5.41) is 15.9. The molecule has 3 aromatic rings. The number of urea groups is 1. The van der Waals surface area contributed by atoms with E-state index in [2.05, 4.69) is 15.6 Å². The molecule has 0 spiro atoms. The number of aromatic hydroxyl groups is 1. The summed E-state index contributed by atoms with van der Waals surface area (Å²) in [6, 6.07) is 17.0. The molecule has 0 bridgehead atoms. The van der Waals surface area contributed by atoms with Crippen LogP contribution in [0, 0.1) is 0 Å². The molecule has 0 saturated carbocycles. The van der Waals surface area contributed by atoms with Crippen LogP contribution in [-0.4, -0.2) is 46.2 Å². The van der Waals surface area contributed by atoms with E-state index in [1.54, 1.807) is 65.7 Å². The Morgan fingerprint density at radius 1 is 1.06 bits per heavy atom. The summed E-state index contributed by atoms with van der Waals surface area (Å²) in [5.74, 6) is -0.145. The van der Waals surface area contributed by atoms with Gasteiger partial charge in [-0.05, 0) is 49.2 Å². The van der Waals surface area contributed by atoms with Crippen LogP contribution < -0.4 is 10.6 Å². The van der Waals surface area contributed by atoms with Crippen LogP contribution >= 0.6 is 0 Å². The van der Waals surface area contributed by atoms with Gasteiger partial charge in [0.1, 0.15) is 5.75 Å². The van der Waals surface area contributed by atoms with Crippen LogP contribution in [-0.2, 0) is 11.3 Å². The first-order valence-electron chi connectivity index (χ1n) is 10.8. The van der Waals surface area contributed by atoms with Gasteiger partial charge < -0.3 is 25.4 Å². The van der Waals surface area contributed by atoms with Gasteiger partial charge in [0, 0.05) is 42.5 Å². The van der Waals surface area contributed by atoms with Gasteiger partial charge in [-0.3, -0.25) is 9.78 Å². The molecule has 1 unspecified atom stereocenters. The molecule has 1 aliphatic heterocycles. The third-order valence-corrected chi connectivity index (χ3v) is 5.38. The van der Waals surface area contributed by atoms with Crippen molar-refractivity contribution >= 4 is 23.3 Å². The number of phenols is 1. The summed E-state index contributed by atoms with van der Waals surface area (Å²) in [6.45, 7) is 1.35. The van der Waals surface area contributed by atoms with E-state index < -0.39 is 0 Å². The largest absolute Gasteiger partial charge is 0.508 e. The number of hydrogen-bond donors (Lipinski definition) is 3. The molecule has 2 heterocycles. The highest BCUT2D eigenvalue weighted by Crippen LogP contribution is 2.22. The summed E-state index contributed by atoms with van der Waals surface area (Å²) < 4.78 is 5.72. The van der Waals surface area contributed by atoms with Gasteiger partial charge in [0.05, 0.1) is 18.2 Å². The number of amides is 3. The molecule has 0 aliphatic carbocycles. The number of phenolic OH excluding ortho intramolecular Hbond substituents is 1. The van der Waals surface area contributed by atoms with Gasteiger partial charge in [-0.25, -0.2) is 4.79 Å². The van der Waals surface area contributed by atoms with Crippen molar-refractivity contribution in [3.63, 3.8) is 0 Å². The van der Waals surface area contributed by atoms with Crippen molar-refractivity contribution in [1.82, 2.24) is 9.88 Å². The molecule has 3 N–H and O–H groups in total. The SMILES string of the molecule is O=C(Nc1cccc(NC(=O)N(Cc2ccccc2O)CC2CCCO2)c1)c1cccnc1. The van der Waals surface area contributed by atoms with Crippen molar-refractivity contribution in [2.45, 2.75) is 25.5 Å². The van der Waals surface area contributed by atoms with E-state index in [-0.39, 0.29) is 30.3 Å². The maximum atomic E-state index is 13.2. The fourth-order valence-corrected chi connectivity index (χ4v) is 3.68. The average molecular weight is 447 g/mol. The first-order chi connectivity index (χ1) is 16.1. The molecule has 8 nitrogen and oxygen atoms in total. The number of ether oxygens (including phenoxy) is 1. The van der Waals surface area contributed by atoms with Crippen molar-refractivity contribution < 1.29 is 19.4 Å². The Morgan fingerprint density at radius 2 is 1.88 bits per heavy atom. The van der Waals surface area contributed by atoms with Gasteiger partial charge in [-0.2, -0.15) is 0 Å². The Kier molecular flexibility index (Phi) is 7.16. The Balaban J connectivity index is 1.46. The zero-order valence-corrected chi connectivity index (χ0v) is 18.1. The number of benzene rings is 2. The Labute approximate surface area is 192 Å². The fraction of sp³-hybridized carbons (Fsp3) is 0.240. The molecule has 1 atom stereocenters. The van der Waals surface area contributed by atoms with Crippen molar-refractivity contribution in [3.05, 3.63) is 84.2 Å². The lowest BCUT2D eigenvalue weighted by molar-refractivity contribution is 0.0817. The molecule has 8 heteroatoms. The molecular weight excluding hydrogens is 420 g/mol. The predicted octanol–water partition coefficient (Wildman–Crippen LogP) is 4.25. The fourth-order valence-electron chi connectivity index (χ4n) is 3.68. The standard InChI is InChI=1S/C25H26N4O4/c30-23-11-2-1-6-19(23)16-29(17-22-10-5-13-33-22)25(32)28-21-9-3-8-20(14-21)27-24(31)18-7-4-12-26-15-18/h1-4,6-9,11-12,14-15,22,30H,5,10,13,16-17H2,(H,27,31)(H,28,32). The van der Waals surface area contributed by atoms with E-state index in [1.807, 2.05) is 6.07 Å². The lowest BCUT2D eigenvalue weighted by atomic mass is 10.1. The molecule has 1 fully saturated rings. The van der Waals surface area contributed by atoms with E-state index in [4.69, 9.17) is 4.74 Å². The van der Waals surface area contributed by atoms with E-state index in [1.165, 1.54) is 6.20 Å². The van der Waals surface area contributed by atoms with E-state index in [0.29, 0.717) is 35.7 Å². The summed E-state index contributed by atoms with van der Waals surface area (Å²) >= 11 is 0. The zero-order valence-electron chi connectivity index (χ0n) is 18.1. The first-order valence-corrected chi connectivity index (χ1v) is 10.8. The minimum atomic E-state index is -0.315. The van der Waals surface area contributed by atoms with Crippen molar-refractivity contribution in [2.24, 2.45) is 0 Å². The Bertz CT molecular complexity index is 1100. The summed E-state index contributed by atoms with van der Waals surface area (Å²) in [6.07, 6.45) is 4.91. The number of carbonyl (C=O) groups is 2. The van der Waals surface area contributed by atoms with Gasteiger partial charge in [-0.15, -0.1) is 0 Å². The molecule has 1 aromatic heterocycles. The minimum absolute atomic E-state index is 0.0355. The quantitative estimate of drug-likeness (QED) is 0.503. The van der Waals surface area contributed by atoms with Crippen molar-refractivity contribution in [3.8, 4) is 5.75 Å². The Morgan fingerprint density at radius 3 is 2.61 bits per heavy atom. The van der Waals surface area contributed by atoms with Gasteiger partial charge in [0.2, 0.25) is 0 Å². The second kappa shape index (κ2) is 10.6. The van der Waals surface area contributed by atoms with Gasteiger partial charge in [-0.1, -0.05) is 24.3 Å². The predicted molar refractivity (Wildman–Crippen MR) is 125 cm³/mol. The normalized spacial score (nSPS) is 15.1. The second-order valence-corrected chi connectivity index (χ2v) is 7.85. The topological polar surface area (TPSA) is 104 Å². The number of nitrogens with zero attached hydrogens (tertiary/aromatic N) is 2. The third-order valence-electron chi connectivity index (χ3n) is 5.38. The number of anilines is 2. The third kappa shape index (κ3) is 6.08. The molecule has 3 amide bonds. The first kappa shape index (κ1) is 22.3. The summed E-state index contributed by atoms with van der Waals surface area (Å²) in [7, 11) is 0. The van der Waals surface area contributed by atoms with Crippen LogP contribution in [0.3, 0.4) is 0 Å². The number of para-hydroxylation sites is 1. The monoisotopic (exact) mass is 446 g/mol. The van der Waals surface area contributed by atoms with Gasteiger partial charge in [0.15, 0.2) is 0 Å². The second-order valence-electron chi connectivity index (χ2n) is 7.85. The molecule has 4 rings (SSSR count).